The van der Waals surface area contributed by atoms with E-state index >= 15 is 0 Å². The SMILES string of the molecule is CN1CCCC(CC(=O)N2CCN(C3c4ccc(Cl)cc4C=Cc4cccnc43)CC2)C1. The molecule has 0 radical (unpaired) electrons. The van der Waals surface area contributed by atoms with Gasteiger partial charge in [0, 0.05) is 50.4 Å². The van der Waals surface area contributed by atoms with Gasteiger partial charge in [0.25, 0.3) is 0 Å². The quantitative estimate of drug-likeness (QED) is 0.703. The number of likely N-dealkylation sites (tertiary alicyclic amines) is 1. The Morgan fingerprint density at radius 2 is 1.91 bits per heavy atom. The highest BCUT2D eigenvalue weighted by Gasteiger charge is 2.32. The third-order valence-corrected chi connectivity index (χ3v) is 7.37. The first-order valence-electron chi connectivity index (χ1n) is 11.7. The summed E-state index contributed by atoms with van der Waals surface area (Å²) in [6.07, 6.45) is 9.22. The van der Waals surface area contributed by atoms with Crippen LogP contribution in [0.3, 0.4) is 0 Å². The lowest BCUT2D eigenvalue weighted by atomic mass is 9.94. The van der Waals surface area contributed by atoms with Gasteiger partial charge in [0.15, 0.2) is 0 Å². The first-order valence-corrected chi connectivity index (χ1v) is 12.1. The molecule has 5 rings (SSSR count). The zero-order valence-electron chi connectivity index (χ0n) is 18.7. The summed E-state index contributed by atoms with van der Waals surface area (Å²) < 4.78 is 0. The van der Waals surface area contributed by atoms with Crippen LogP contribution in [0.15, 0.2) is 36.5 Å². The molecule has 2 aliphatic heterocycles. The van der Waals surface area contributed by atoms with E-state index in [0.717, 1.165) is 61.1 Å². The third-order valence-electron chi connectivity index (χ3n) is 7.13. The summed E-state index contributed by atoms with van der Waals surface area (Å²) in [4.78, 5) is 24.7. The van der Waals surface area contributed by atoms with E-state index in [1.165, 1.54) is 18.4 Å². The molecule has 2 fully saturated rings. The summed E-state index contributed by atoms with van der Waals surface area (Å²) in [6, 6.07) is 10.3. The number of carbonyl (C=O) groups excluding carboxylic acids is 1. The molecular weight excluding hydrogens is 420 g/mol. The number of pyridine rings is 1. The van der Waals surface area contributed by atoms with Gasteiger partial charge in [-0.2, -0.15) is 0 Å². The number of benzene rings is 1. The topological polar surface area (TPSA) is 39.7 Å². The highest BCUT2D eigenvalue weighted by atomic mass is 35.5. The number of aromatic nitrogens is 1. The van der Waals surface area contributed by atoms with Gasteiger partial charge in [0.1, 0.15) is 0 Å². The molecule has 6 heteroatoms. The van der Waals surface area contributed by atoms with Gasteiger partial charge in [-0.3, -0.25) is 14.7 Å². The van der Waals surface area contributed by atoms with Crippen LogP contribution < -0.4 is 0 Å². The van der Waals surface area contributed by atoms with Crippen LogP contribution in [0.25, 0.3) is 12.2 Å². The van der Waals surface area contributed by atoms with Crippen molar-refractivity contribution in [1.82, 2.24) is 19.7 Å². The van der Waals surface area contributed by atoms with Gasteiger partial charge in [-0.25, -0.2) is 0 Å². The van der Waals surface area contributed by atoms with Crippen molar-refractivity contribution < 1.29 is 4.79 Å². The largest absolute Gasteiger partial charge is 0.340 e. The number of piperazine rings is 1. The molecule has 168 valence electrons. The Labute approximate surface area is 195 Å². The molecule has 0 spiro atoms. The molecule has 3 aliphatic rings. The molecular formula is C26H31ClN4O. The minimum absolute atomic E-state index is 0.0673. The minimum Gasteiger partial charge on any atom is -0.340 e. The lowest BCUT2D eigenvalue weighted by Crippen LogP contribution is -2.50. The molecule has 2 unspecified atom stereocenters. The Morgan fingerprint density at radius 3 is 2.72 bits per heavy atom. The van der Waals surface area contributed by atoms with Crippen LogP contribution in [0.2, 0.25) is 5.02 Å². The lowest BCUT2D eigenvalue weighted by molar-refractivity contribution is -0.134. The third kappa shape index (κ3) is 4.47. The second kappa shape index (κ2) is 9.34. The number of hydrogen-bond donors (Lipinski definition) is 0. The van der Waals surface area contributed by atoms with Crippen molar-refractivity contribution >= 4 is 29.7 Å². The summed E-state index contributed by atoms with van der Waals surface area (Å²) >= 11 is 6.31. The second-order valence-electron chi connectivity index (χ2n) is 9.38. The van der Waals surface area contributed by atoms with Crippen molar-refractivity contribution in [3.05, 3.63) is 63.9 Å². The van der Waals surface area contributed by atoms with Crippen molar-refractivity contribution in [2.45, 2.75) is 25.3 Å². The Bertz CT molecular complexity index is 1010. The number of halogens is 1. The summed E-state index contributed by atoms with van der Waals surface area (Å²) in [6.45, 7) is 5.44. The molecule has 0 N–H and O–H groups in total. The second-order valence-corrected chi connectivity index (χ2v) is 9.81. The number of amides is 1. The van der Waals surface area contributed by atoms with Crippen LogP contribution in [0, 0.1) is 5.92 Å². The molecule has 3 heterocycles. The molecule has 1 aliphatic carbocycles. The maximum absolute atomic E-state index is 13.0. The molecule has 2 aromatic rings. The van der Waals surface area contributed by atoms with Gasteiger partial charge in [0.2, 0.25) is 5.91 Å². The maximum Gasteiger partial charge on any atom is 0.222 e. The first-order chi connectivity index (χ1) is 15.6. The van der Waals surface area contributed by atoms with E-state index in [2.05, 4.69) is 46.0 Å². The van der Waals surface area contributed by atoms with E-state index in [1.807, 2.05) is 24.4 Å². The van der Waals surface area contributed by atoms with Gasteiger partial charge < -0.3 is 9.80 Å². The zero-order valence-corrected chi connectivity index (χ0v) is 19.5. The van der Waals surface area contributed by atoms with E-state index in [9.17, 15) is 4.79 Å². The predicted molar refractivity (Wildman–Crippen MR) is 129 cm³/mol. The van der Waals surface area contributed by atoms with Crippen molar-refractivity contribution in [2.24, 2.45) is 5.92 Å². The Hall–Kier alpha value is -2.21. The van der Waals surface area contributed by atoms with Gasteiger partial charge in [-0.1, -0.05) is 35.9 Å². The van der Waals surface area contributed by atoms with Gasteiger partial charge in [-0.05, 0) is 67.2 Å². The van der Waals surface area contributed by atoms with E-state index in [4.69, 9.17) is 16.6 Å². The predicted octanol–water partition coefficient (Wildman–Crippen LogP) is 4.18. The number of hydrogen-bond acceptors (Lipinski definition) is 4. The number of fused-ring (bicyclic) bond motifs is 2. The van der Waals surface area contributed by atoms with Crippen LogP contribution in [0.1, 0.15) is 47.7 Å². The molecule has 0 bridgehead atoms. The highest BCUT2D eigenvalue weighted by molar-refractivity contribution is 6.30. The molecule has 1 amide bonds. The maximum atomic E-state index is 13.0. The van der Waals surface area contributed by atoms with Crippen LogP contribution in [0.4, 0.5) is 0 Å². The van der Waals surface area contributed by atoms with E-state index < -0.39 is 0 Å². The average molecular weight is 451 g/mol. The molecule has 0 saturated carbocycles. The monoisotopic (exact) mass is 450 g/mol. The van der Waals surface area contributed by atoms with Crippen molar-refractivity contribution in [3.8, 4) is 0 Å². The van der Waals surface area contributed by atoms with Crippen molar-refractivity contribution in [2.75, 3.05) is 46.3 Å². The summed E-state index contributed by atoms with van der Waals surface area (Å²) in [5.41, 5.74) is 4.59. The smallest absolute Gasteiger partial charge is 0.222 e. The minimum atomic E-state index is 0.0673. The van der Waals surface area contributed by atoms with E-state index in [1.54, 1.807) is 0 Å². The zero-order chi connectivity index (χ0) is 22.1. The number of piperidine rings is 1. The van der Waals surface area contributed by atoms with Gasteiger partial charge in [0.05, 0.1) is 11.7 Å². The van der Waals surface area contributed by atoms with Gasteiger partial charge >= 0.3 is 0 Å². The van der Waals surface area contributed by atoms with E-state index in [-0.39, 0.29) is 6.04 Å². The summed E-state index contributed by atoms with van der Waals surface area (Å²) in [5, 5.41) is 0.745. The number of nitrogens with zero attached hydrogens (tertiary/aromatic N) is 4. The normalized spacial score (nSPS) is 24.0. The summed E-state index contributed by atoms with van der Waals surface area (Å²) in [7, 11) is 2.16. The molecule has 5 nitrogen and oxygen atoms in total. The lowest BCUT2D eigenvalue weighted by Gasteiger charge is -2.40. The number of rotatable bonds is 3. The Kier molecular flexibility index (Phi) is 6.31. The number of carbonyl (C=O) groups is 1. The highest BCUT2D eigenvalue weighted by Crippen LogP contribution is 2.37. The van der Waals surface area contributed by atoms with Crippen molar-refractivity contribution in [1.29, 1.82) is 0 Å². The Balaban J connectivity index is 1.32. The van der Waals surface area contributed by atoms with E-state index in [0.29, 0.717) is 18.2 Å². The van der Waals surface area contributed by atoms with Crippen LogP contribution in [0.5, 0.6) is 0 Å². The standard InChI is InChI=1S/C26H31ClN4O/c1-29-11-3-4-19(18-29)16-24(32)30-12-14-31(15-13-30)26-23-9-8-22(27)17-21(23)7-6-20-5-2-10-28-25(20)26/h2,5-10,17,19,26H,3-4,11-16,18H2,1H3. The molecule has 2 atom stereocenters. The Morgan fingerprint density at radius 1 is 1.09 bits per heavy atom. The average Bonchev–Trinajstić information content (AvgIpc) is 2.96. The fourth-order valence-electron chi connectivity index (χ4n) is 5.48. The van der Waals surface area contributed by atoms with Gasteiger partial charge in [-0.15, -0.1) is 0 Å². The molecule has 2 saturated heterocycles. The first kappa shape index (κ1) is 21.6. The van der Waals surface area contributed by atoms with Crippen molar-refractivity contribution in [3.63, 3.8) is 0 Å². The van der Waals surface area contributed by atoms with Crippen LogP contribution in [-0.4, -0.2) is 71.9 Å². The summed E-state index contributed by atoms with van der Waals surface area (Å²) in [5.74, 6) is 0.818. The van der Waals surface area contributed by atoms with Crippen LogP contribution in [-0.2, 0) is 4.79 Å². The molecule has 32 heavy (non-hydrogen) atoms. The van der Waals surface area contributed by atoms with Crippen LogP contribution >= 0.6 is 11.6 Å². The fraction of sp³-hybridized carbons (Fsp3) is 0.462. The molecule has 1 aromatic carbocycles. The fourth-order valence-corrected chi connectivity index (χ4v) is 5.66. The molecule has 1 aromatic heterocycles.